The third-order valence-electron chi connectivity index (χ3n) is 4.95. The van der Waals surface area contributed by atoms with Crippen molar-refractivity contribution < 1.29 is 4.39 Å². The van der Waals surface area contributed by atoms with Crippen molar-refractivity contribution in [2.24, 2.45) is 4.99 Å². The van der Waals surface area contributed by atoms with Gasteiger partial charge in [0.15, 0.2) is 17.6 Å². The Labute approximate surface area is 172 Å². The zero-order valence-electron chi connectivity index (χ0n) is 15.6. The number of aliphatic imine (C=N–C) groups is 1. The van der Waals surface area contributed by atoms with Crippen molar-refractivity contribution in [3.8, 4) is 0 Å². The van der Waals surface area contributed by atoms with Gasteiger partial charge in [-0.25, -0.2) is 9.37 Å². The highest BCUT2D eigenvalue weighted by atomic mass is 127. The fourth-order valence-electron chi connectivity index (χ4n) is 3.42. The lowest BCUT2D eigenvalue weighted by molar-refractivity contribution is 0.282. The number of hydrogen-bond acceptors (Lipinski definition) is 4. The summed E-state index contributed by atoms with van der Waals surface area (Å²) >= 11 is 0. The first-order chi connectivity index (χ1) is 12.2. The van der Waals surface area contributed by atoms with Crippen LogP contribution in [0.5, 0.6) is 0 Å². The molecule has 0 radical (unpaired) electrons. The van der Waals surface area contributed by atoms with E-state index in [2.05, 4.69) is 32.4 Å². The SMILES string of the molecule is CCN(CCNC(=NC)NC1CCN(c2ncccc2F)C1)C1CC1.I. The molecule has 1 saturated carbocycles. The number of anilines is 1. The van der Waals surface area contributed by atoms with Crippen molar-refractivity contribution in [2.45, 2.75) is 38.3 Å². The van der Waals surface area contributed by atoms with Crippen LogP contribution in [-0.4, -0.2) is 67.7 Å². The van der Waals surface area contributed by atoms with Gasteiger partial charge in [0.25, 0.3) is 0 Å². The molecule has 0 bridgehead atoms. The van der Waals surface area contributed by atoms with Crippen LogP contribution in [0.4, 0.5) is 10.2 Å². The summed E-state index contributed by atoms with van der Waals surface area (Å²) in [6.07, 6.45) is 5.25. The molecule has 3 rings (SSSR count). The fraction of sp³-hybridized carbons (Fsp3) is 0.667. The molecule has 1 atom stereocenters. The molecular weight excluding hydrogens is 446 g/mol. The number of hydrogen-bond donors (Lipinski definition) is 2. The Morgan fingerprint density at radius 1 is 1.42 bits per heavy atom. The molecule has 0 aromatic carbocycles. The third-order valence-corrected chi connectivity index (χ3v) is 4.95. The van der Waals surface area contributed by atoms with E-state index in [0.717, 1.165) is 51.1 Å². The van der Waals surface area contributed by atoms with Crippen LogP contribution in [0.2, 0.25) is 0 Å². The number of likely N-dealkylation sites (N-methyl/N-ethyl adjacent to an activating group) is 1. The number of rotatable bonds is 7. The van der Waals surface area contributed by atoms with Gasteiger partial charge in [-0.3, -0.25) is 9.89 Å². The van der Waals surface area contributed by atoms with E-state index in [4.69, 9.17) is 0 Å². The molecule has 1 aromatic heterocycles. The number of halogens is 2. The maximum Gasteiger partial charge on any atom is 0.191 e. The van der Waals surface area contributed by atoms with E-state index in [9.17, 15) is 4.39 Å². The average molecular weight is 476 g/mol. The maximum absolute atomic E-state index is 13.9. The van der Waals surface area contributed by atoms with Crippen molar-refractivity contribution in [3.05, 3.63) is 24.1 Å². The Morgan fingerprint density at radius 2 is 2.23 bits per heavy atom. The highest BCUT2D eigenvalue weighted by Crippen LogP contribution is 2.25. The lowest BCUT2D eigenvalue weighted by Gasteiger charge is -2.22. The topological polar surface area (TPSA) is 55.8 Å². The molecule has 146 valence electrons. The lowest BCUT2D eigenvalue weighted by Crippen LogP contribution is -2.46. The van der Waals surface area contributed by atoms with Gasteiger partial charge in [0.05, 0.1) is 0 Å². The average Bonchev–Trinajstić information content (AvgIpc) is 3.37. The molecule has 1 aliphatic heterocycles. The number of pyridine rings is 1. The minimum atomic E-state index is -0.259. The fourth-order valence-corrected chi connectivity index (χ4v) is 3.42. The van der Waals surface area contributed by atoms with Crippen LogP contribution < -0.4 is 15.5 Å². The molecule has 2 fully saturated rings. The molecule has 1 saturated heterocycles. The molecular formula is C18H30FIN6. The van der Waals surface area contributed by atoms with Gasteiger partial charge in [-0.1, -0.05) is 6.92 Å². The summed E-state index contributed by atoms with van der Waals surface area (Å²) in [5.41, 5.74) is 0. The zero-order chi connectivity index (χ0) is 17.6. The monoisotopic (exact) mass is 476 g/mol. The molecule has 0 amide bonds. The van der Waals surface area contributed by atoms with Crippen molar-refractivity contribution in [2.75, 3.05) is 44.7 Å². The Morgan fingerprint density at radius 3 is 2.88 bits per heavy atom. The molecule has 0 spiro atoms. The van der Waals surface area contributed by atoms with Gasteiger partial charge in [-0.15, -0.1) is 24.0 Å². The van der Waals surface area contributed by atoms with E-state index in [1.54, 1.807) is 19.3 Å². The number of aromatic nitrogens is 1. The first-order valence-corrected chi connectivity index (χ1v) is 9.28. The lowest BCUT2D eigenvalue weighted by atomic mass is 10.3. The largest absolute Gasteiger partial charge is 0.355 e. The quantitative estimate of drug-likeness (QED) is 0.359. The van der Waals surface area contributed by atoms with Crippen molar-refractivity contribution in [3.63, 3.8) is 0 Å². The van der Waals surface area contributed by atoms with Gasteiger partial charge in [-0.05, 0) is 37.9 Å². The predicted octanol–water partition coefficient (Wildman–Crippen LogP) is 2.07. The molecule has 1 unspecified atom stereocenters. The van der Waals surface area contributed by atoms with Crippen LogP contribution in [0.25, 0.3) is 0 Å². The second-order valence-electron chi connectivity index (χ2n) is 6.74. The molecule has 2 heterocycles. The van der Waals surface area contributed by atoms with E-state index < -0.39 is 0 Å². The number of nitrogens with zero attached hydrogens (tertiary/aromatic N) is 4. The van der Waals surface area contributed by atoms with Gasteiger partial charge < -0.3 is 15.5 Å². The molecule has 2 N–H and O–H groups in total. The first kappa shape index (κ1) is 21.1. The highest BCUT2D eigenvalue weighted by molar-refractivity contribution is 14.0. The maximum atomic E-state index is 13.9. The molecule has 8 heteroatoms. The highest BCUT2D eigenvalue weighted by Gasteiger charge is 2.28. The van der Waals surface area contributed by atoms with Crippen molar-refractivity contribution >= 4 is 35.8 Å². The summed E-state index contributed by atoms with van der Waals surface area (Å²) in [4.78, 5) is 13.0. The van der Waals surface area contributed by atoms with Crippen molar-refractivity contribution in [1.82, 2.24) is 20.5 Å². The Hall–Kier alpha value is -1.16. The van der Waals surface area contributed by atoms with Gasteiger partial charge in [0.1, 0.15) is 0 Å². The van der Waals surface area contributed by atoms with E-state index in [-0.39, 0.29) is 35.8 Å². The van der Waals surface area contributed by atoms with E-state index in [1.807, 2.05) is 4.90 Å². The Bertz CT molecular complexity index is 595. The summed E-state index contributed by atoms with van der Waals surface area (Å²) in [5.74, 6) is 1.00. The van der Waals surface area contributed by atoms with Crippen molar-refractivity contribution in [1.29, 1.82) is 0 Å². The molecule has 1 aliphatic carbocycles. The van der Waals surface area contributed by atoms with E-state index in [0.29, 0.717) is 5.82 Å². The summed E-state index contributed by atoms with van der Waals surface area (Å²) in [5, 5.41) is 6.85. The number of guanidine groups is 1. The smallest absolute Gasteiger partial charge is 0.191 e. The van der Waals surface area contributed by atoms with E-state index >= 15 is 0 Å². The van der Waals surface area contributed by atoms with Gasteiger partial charge in [0, 0.05) is 51.5 Å². The van der Waals surface area contributed by atoms with E-state index in [1.165, 1.54) is 18.9 Å². The van der Waals surface area contributed by atoms with Crippen LogP contribution >= 0.6 is 24.0 Å². The summed E-state index contributed by atoms with van der Waals surface area (Å²) < 4.78 is 13.9. The Balaban J connectivity index is 0.00000243. The summed E-state index contributed by atoms with van der Waals surface area (Å²) in [7, 11) is 1.79. The molecule has 1 aromatic rings. The standard InChI is InChI=1S/C18H29FN6.HI/c1-3-24(15-6-7-15)12-10-22-18(20-2)23-14-8-11-25(13-14)17-16(19)5-4-9-21-17;/h4-5,9,14-15H,3,6-8,10-13H2,1-2H3,(H2,20,22,23);1H. The minimum absolute atomic E-state index is 0. The normalized spacial score (nSPS) is 20.2. The van der Waals surface area contributed by atoms with Crippen LogP contribution in [-0.2, 0) is 0 Å². The second kappa shape index (κ2) is 10.2. The zero-order valence-corrected chi connectivity index (χ0v) is 17.9. The molecule has 2 aliphatic rings. The number of nitrogens with one attached hydrogen (secondary N) is 2. The Kier molecular flexibility index (Phi) is 8.33. The van der Waals surface area contributed by atoms with Crippen LogP contribution in [0, 0.1) is 5.82 Å². The van der Waals surface area contributed by atoms with Crippen LogP contribution in [0.1, 0.15) is 26.2 Å². The van der Waals surface area contributed by atoms with Crippen LogP contribution in [0.3, 0.4) is 0 Å². The summed E-state index contributed by atoms with van der Waals surface area (Å²) in [6, 6.07) is 4.12. The third kappa shape index (κ3) is 5.67. The second-order valence-corrected chi connectivity index (χ2v) is 6.74. The first-order valence-electron chi connectivity index (χ1n) is 9.28. The molecule has 6 nitrogen and oxygen atoms in total. The van der Waals surface area contributed by atoms with Crippen LogP contribution in [0.15, 0.2) is 23.3 Å². The van der Waals surface area contributed by atoms with Gasteiger partial charge in [-0.2, -0.15) is 0 Å². The minimum Gasteiger partial charge on any atom is -0.355 e. The predicted molar refractivity (Wildman–Crippen MR) is 115 cm³/mol. The van der Waals surface area contributed by atoms with Gasteiger partial charge in [0.2, 0.25) is 0 Å². The van der Waals surface area contributed by atoms with Gasteiger partial charge >= 0.3 is 0 Å². The summed E-state index contributed by atoms with van der Waals surface area (Å²) in [6.45, 7) is 6.78. The molecule has 26 heavy (non-hydrogen) atoms.